The molecule has 1 aromatic carbocycles. The second-order valence-corrected chi connectivity index (χ2v) is 5.63. The van der Waals surface area contributed by atoms with Gasteiger partial charge in [-0.1, -0.05) is 36.4 Å². The molecule has 0 saturated carbocycles. The van der Waals surface area contributed by atoms with Crippen LogP contribution in [0.1, 0.15) is 31.7 Å². The van der Waals surface area contributed by atoms with Crippen LogP contribution in [0, 0.1) is 0 Å². The van der Waals surface area contributed by atoms with Gasteiger partial charge in [0.25, 0.3) is 0 Å². The molecule has 1 aromatic rings. The van der Waals surface area contributed by atoms with Crippen molar-refractivity contribution in [3.8, 4) is 0 Å². The molecule has 0 bridgehead atoms. The van der Waals surface area contributed by atoms with E-state index in [1.807, 2.05) is 6.08 Å². The van der Waals surface area contributed by atoms with Crippen molar-refractivity contribution in [1.82, 2.24) is 10.2 Å². The molecule has 1 saturated heterocycles. The second-order valence-electron chi connectivity index (χ2n) is 5.63. The van der Waals surface area contributed by atoms with Gasteiger partial charge in [-0.05, 0) is 44.8 Å². The molecule has 0 spiro atoms. The summed E-state index contributed by atoms with van der Waals surface area (Å²) in [4.78, 5) is 2.56. The van der Waals surface area contributed by atoms with E-state index in [4.69, 9.17) is 0 Å². The van der Waals surface area contributed by atoms with Crippen LogP contribution in [-0.2, 0) is 6.54 Å². The highest BCUT2D eigenvalue weighted by Crippen LogP contribution is 2.14. The van der Waals surface area contributed by atoms with E-state index < -0.39 is 0 Å². The third-order valence-electron chi connectivity index (χ3n) is 3.88. The minimum absolute atomic E-state index is 0.558. The van der Waals surface area contributed by atoms with Gasteiger partial charge in [0.2, 0.25) is 0 Å². The van der Waals surface area contributed by atoms with Gasteiger partial charge in [0.05, 0.1) is 0 Å². The largest absolute Gasteiger partial charge is 0.311 e. The van der Waals surface area contributed by atoms with Crippen molar-refractivity contribution in [3.05, 3.63) is 48.6 Å². The van der Waals surface area contributed by atoms with Crippen molar-refractivity contribution in [2.45, 2.75) is 44.8 Å². The fourth-order valence-corrected chi connectivity index (χ4v) is 2.82. The number of benzene rings is 1. The van der Waals surface area contributed by atoms with Crippen molar-refractivity contribution < 1.29 is 0 Å². The number of hydrogen-bond donors (Lipinski definition) is 1. The van der Waals surface area contributed by atoms with Crippen LogP contribution in [0.25, 0.3) is 0 Å². The topological polar surface area (TPSA) is 15.3 Å². The lowest BCUT2D eigenvalue weighted by Gasteiger charge is -2.33. The average molecular weight is 258 g/mol. The average Bonchev–Trinajstić information content (AvgIpc) is 2.42. The van der Waals surface area contributed by atoms with Crippen LogP contribution >= 0.6 is 0 Å². The van der Waals surface area contributed by atoms with Gasteiger partial charge in [-0.2, -0.15) is 0 Å². The van der Waals surface area contributed by atoms with Gasteiger partial charge in [0, 0.05) is 18.6 Å². The summed E-state index contributed by atoms with van der Waals surface area (Å²) < 4.78 is 0. The zero-order chi connectivity index (χ0) is 13.5. The van der Waals surface area contributed by atoms with Crippen molar-refractivity contribution in [2.24, 2.45) is 0 Å². The predicted octanol–water partition coefficient (Wildman–Crippen LogP) is 3.21. The molecule has 1 unspecified atom stereocenters. The van der Waals surface area contributed by atoms with Crippen LogP contribution < -0.4 is 5.32 Å². The first-order valence-electron chi connectivity index (χ1n) is 7.41. The van der Waals surface area contributed by atoms with E-state index in [9.17, 15) is 0 Å². The Bertz CT molecular complexity index is 366. The fraction of sp³-hybridized carbons (Fsp3) is 0.529. The Balaban J connectivity index is 1.72. The molecule has 1 heterocycles. The predicted molar refractivity (Wildman–Crippen MR) is 82.2 cm³/mol. The number of nitrogens with one attached hydrogen (secondary N) is 1. The van der Waals surface area contributed by atoms with Crippen LogP contribution in [-0.4, -0.2) is 30.1 Å². The maximum atomic E-state index is 3.80. The Kier molecular flexibility index (Phi) is 5.62. The maximum Gasteiger partial charge on any atom is 0.0233 e. The van der Waals surface area contributed by atoms with E-state index in [1.165, 1.54) is 31.5 Å². The lowest BCUT2D eigenvalue weighted by molar-refractivity contribution is 0.185. The standard InChI is InChI=1S/C17H26N2/c1-3-7-15(2)18-17-10-12-19(13-11-17)14-16-8-5-4-6-9-16/h3-6,8-9,15,17-18H,1,7,10-14H2,2H3. The van der Waals surface area contributed by atoms with Crippen molar-refractivity contribution in [1.29, 1.82) is 0 Å². The first-order chi connectivity index (χ1) is 9.28. The first kappa shape index (κ1) is 14.3. The molecule has 1 N–H and O–H groups in total. The number of likely N-dealkylation sites (tertiary alicyclic amines) is 1. The van der Waals surface area contributed by atoms with Crippen LogP contribution in [0.2, 0.25) is 0 Å². The third kappa shape index (κ3) is 4.81. The molecule has 0 aliphatic carbocycles. The Morgan fingerprint density at radius 1 is 1.32 bits per heavy atom. The van der Waals surface area contributed by atoms with Gasteiger partial charge < -0.3 is 5.32 Å². The summed E-state index contributed by atoms with van der Waals surface area (Å²) in [6, 6.07) is 12.0. The number of rotatable bonds is 6. The number of hydrogen-bond acceptors (Lipinski definition) is 2. The van der Waals surface area contributed by atoms with Crippen LogP contribution in [0.4, 0.5) is 0 Å². The minimum Gasteiger partial charge on any atom is -0.311 e. The highest BCUT2D eigenvalue weighted by Gasteiger charge is 2.19. The SMILES string of the molecule is C=CCC(C)NC1CCN(Cc2ccccc2)CC1. The van der Waals surface area contributed by atoms with Gasteiger partial charge in [0.1, 0.15) is 0 Å². The monoisotopic (exact) mass is 258 g/mol. The van der Waals surface area contributed by atoms with E-state index in [2.05, 4.69) is 54.1 Å². The molecular weight excluding hydrogens is 232 g/mol. The van der Waals surface area contributed by atoms with E-state index in [1.54, 1.807) is 0 Å². The third-order valence-corrected chi connectivity index (χ3v) is 3.88. The summed E-state index contributed by atoms with van der Waals surface area (Å²) in [6.45, 7) is 9.55. The van der Waals surface area contributed by atoms with E-state index in [-0.39, 0.29) is 0 Å². The van der Waals surface area contributed by atoms with Gasteiger partial charge >= 0.3 is 0 Å². The molecule has 104 valence electrons. The second kappa shape index (κ2) is 7.46. The Hall–Kier alpha value is -1.12. The highest BCUT2D eigenvalue weighted by molar-refractivity contribution is 5.14. The van der Waals surface area contributed by atoms with Gasteiger partial charge in [-0.25, -0.2) is 0 Å². The lowest BCUT2D eigenvalue weighted by atomic mass is 10.0. The molecule has 1 aliphatic rings. The Labute approximate surface area is 117 Å². The maximum absolute atomic E-state index is 3.80. The lowest BCUT2D eigenvalue weighted by Crippen LogP contribution is -2.45. The summed E-state index contributed by atoms with van der Waals surface area (Å²) in [5.74, 6) is 0. The molecule has 2 heteroatoms. The van der Waals surface area contributed by atoms with Crippen molar-refractivity contribution in [3.63, 3.8) is 0 Å². The van der Waals surface area contributed by atoms with Gasteiger partial charge in [-0.3, -0.25) is 4.90 Å². The van der Waals surface area contributed by atoms with Gasteiger partial charge in [0.15, 0.2) is 0 Å². The Morgan fingerprint density at radius 3 is 2.63 bits per heavy atom. The molecule has 0 aromatic heterocycles. The molecule has 0 radical (unpaired) electrons. The molecule has 1 atom stereocenters. The minimum atomic E-state index is 0.558. The summed E-state index contributed by atoms with van der Waals surface area (Å²) in [7, 11) is 0. The molecule has 2 nitrogen and oxygen atoms in total. The number of nitrogens with zero attached hydrogens (tertiary/aromatic N) is 1. The molecule has 19 heavy (non-hydrogen) atoms. The van der Waals surface area contributed by atoms with Crippen LogP contribution in [0.15, 0.2) is 43.0 Å². The molecule has 2 rings (SSSR count). The molecule has 1 aliphatic heterocycles. The summed E-state index contributed by atoms with van der Waals surface area (Å²) in [5, 5.41) is 3.71. The molecular formula is C17H26N2. The quantitative estimate of drug-likeness (QED) is 0.788. The van der Waals surface area contributed by atoms with Crippen LogP contribution in [0.3, 0.4) is 0 Å². The number of piperidine rings is 1. The highest BCUT2D eigenvalue weighted by atomic mass is 15.1. The van der Waals surface area contributed by atoms with E-state index in [0.29, 0.717) is 12.1 Å². The van der Waals surface area contributed by atoms with E-state index >= 15 is 0 Å². The molecule has 1 fully saturated rings. The van der Waals surface area contributed by atoms with Crippen molar-refractivity contribution in [2.75, 3.05) is 13.1 Å². The zero-order valence-corrected chi connectivity index (χ0v) is 12.0. The fourth-order valence-electron chi connectivity index (χ4n) is 2.82. The summed E-state index contributed by atoms with van der Waals surface area (Å²) in [6.07, 6.45) is 5.58. The first-order valence-corrected chi connectivity index (χ1v) is 7.41. The summed E-state index contributed by atoms with van der Waals surface area (Å²) >= 11 is 0. The Morgan fingerprint density at radius 2 is 2.00 bits per heavy atom. The van der Waals surface area contributed by atoms with Gasteiger partial charge in [-0.15, -0.1) is 6.58 Å². The van der Waals surface area contributed by atoms with E-state index in [0.717, 1.165) is 13.0 Å². The zero-order valence-electron chi connectivity index (χ0n) is 12.0. The summed E-state index contributed by atoms with van der Waals surface area (Å²) in [5.41, 5.74) is 1.42. The normalized spacial score (nSPS) is 19.2. The smallest absolute Gasteiger partial charge is 0.0233 e. The molecule has 0 amide bonds. The van der Waals surface area contributed by atoms with Crippen molar-refractivity contribution >= 4 is 0 Å². The van der Waals surface area contributed by atoms with Crippen LogP contribution in [0.5, 0.6) is 0 Å².